The summed E-state index contributed by atoms with van der Waals surface area (Å²) in [6.45, 7) is 9.10. The molecule has 0 atom stereocenters. The van der Waals surface area contributed by atoms with E-state index < -0.39 is 0 Å². The normalized spacial score (nSPS) is 20.8. The fraction of sp³-hybridized carbons (Fsp3) is 0.765. The van der Waals surface area contributed by atoms with Gasteiger partial charge in [-0.2, -0.15) is 5.10 Å². The smallest absolute Gasteiger partial charge is 0.244 e. The molecule has 22 heavy (non-hydrogen) atoms. The van der Waals surface area contributed by atoms with Gasteiger partial charge in [0.05, 0.1) is 11.3 Å². The van der Waals surface area contributed by atoms with E-state index in [-0.39, 0.29) is 11.5 Å². The van der Waals surface area contributed by atoms with Gasteiger partial charge in [0.1, 0.15) is 6.54 Å². The molecule has 0 aliphatic carbocycles. The highest BCUT2D eigenvalue weighted by atomic mass is 16.5. The summed E-state index contributed by atoms with van der Waals surface area (Å²) in [6.07, 6.45) is 5.26. The average Bonchev–Trinajstić information content (AvgIpc) is 3.05. The van der Waals surface area contributed by atoms with E-state index in [4.69, 9.17) is 4.74 Å². The molecule has 0 N–H and O–H groups in total. The first-order valence-electron chi connectivity index (χ1n) is 8.49. The van der Waals surface area contributed by atoms with Crippen LogP contribution in [0.25, 0.3) is 0 Å². The van der Waals surface area contributed by atoms with E-state index in [9.17, 15) is 4.79 Å². The van der Waals surface area contributed by atoms with E-state index in [0.29, 0.717) is 6.54 Å². The maximum absolute atomic E-state index is 12.6. The molecule has 1 aromatic rings. The van der Waals surface area contributed by atoms with Crippen LogP contribution < -0.4 is 0 Å². The zero-order chi connectivity index (χ0) is 15.7. The molecule has 2 saturated heterocycles. The molecular formula is C17H27N3O2. The van der Waals surface area contributed by atoms with Gasteiger partial charge in [0.25, 0.3) is 0 Å². The Morgan fingerprint density at radius 1 is 1.27 bits per heavy atom. The number of aromatic nitrogens is 2. The number of hydrogen-bond donors (Lipinski definition) is 0. The van der Waals surface area contributed by atoms with E-state index in [1.165, 1.54) is 12.0 Å². The van der Waals surface area contributed by atoms with Gasteiger partial charge in [0, 0.05) is 25.4 Å². The minimum absolute atomic E-state index is 0.0738. The lowest BCUT2D eigenvalue weighted by Gasteiger charge is -2.38. The molecule has 5 nitrogen and oxygen atoms in total. The van der Waals surface area contributed by atoms with Gasteiger partial charge in [-0.25, -0.2) is 0 Å². The quantitative estimate of drug-likeness (QED) is 0.860. The van der Waals surface area contributed by atoms with E-state index in [1.807, 2.05) is 16.5 Å². The maximum atomic E-state index is 12.6. The summed E-state index contributed by atoms with van der Waals surface area (Å²) in [7, 11) is 0. The first-order valence-corrected chi connectivity index (χ1v) is 8.49. The van der Waals surface area contributed by atoms with Crippen molar-refractivity contribution in [2.45, 2.75) is 65.0 Å². The molecule has 2 aliphatic rings. The Bertz CT molecular complexity index is 548. The Kier molecular flexibility index (Phi) is 4.26. The Balaban J connectivity index is 1.61. The average molecular weight is 305 g/mol. The highest BCUT2D eigenvalue weighted by molar-refractivity contribution is 5.76. The number of carbonyl (C=O) groups is 1. The van der Waals surface area contributed by atoms with Crippen LogP contribution in [0.1, 0.15) is 49.6 Å². The molecule has 5 heteroatoms. The largest absolute Gasteiger partial charge is 0.375 e. The van der Waals surface area contributed by atoms with Crippen molar-refractivity contribution in [2.75, 3.05) is 19.7 Å². The van der Waals surface area contributed by atoms with Crippen LogP contribution in [-0.4, -0.2) is 45.9 Å². The van der Waals surface area contributed by atoms with Gasteiger partial charge in [0.15, 0.2) is 0 Å². The molecule has 0 saturated carbocycles. The van der Waals surface area contributed by atoms with Crippen molar-refractivity contribution in [3.63, 3.8) is 0 Å². The molecule has 0 aromatic carbocycles. The van der Waals surface area contributed by atoms with Crippen LogP contribution in [0.2, 0.25) is 0 Å². The molecule has 0 unspecified atom stereocenters. The van der Waals surface area contributed by atoms with Crippen LogP contribution in [-0.2, 0) is 22.5 Å². The summed E-state index contributed by atoms with van der Waals surface area (Å²) >= 11 is 0. The molecule has 2 fully saturated rings. The van der Waals surface area contributed by atoms with Gasteiger partial charge in [-0.05, 0) is 51.5 Å². The van der Waals surface area contributed by atoms with Crippen molar-refractivity contribution in [3.05, 3.63) is 17.0 Å². The molecule has 1 aromatic heterocycles. The molecule has 1 amide bonds. The van der Waals surface area contributed by atoms with Gasteiger partial charge in [-0.1, -0.05) is 6.92 Å². The predicted molar refractivity (Wildman–Crippen MR) is 84.8 cm³/mol. The Morgan fingerprint density at radius 2 is 2.00 bits per heavy atom. The topological polar surface area (TPSA) is 47.4 Å². The third-order valence-electron chi connectivity index (χ3n) is 5.38. The van der Waals surface area contributed by atoms with Crippen molar-refractivity contribution in [3.8, 4) is 0 Å². The Morgan fingerprint density at radius 3 is 2.55 bits per heavy atom. The van der Waals surface area contributed by atoms with E-state index in [1.54, 1.807) is 0 Å². The number of rotatable bonds is 3. The second-order valence-corrected chi connectivity index (χ2v) is 6.68. The standard InChI is InChI=1S/C17H27N3O2/c1-4-15-13(2)18-20(14(15)3)12-16(21)19-9-7-17(8-10-19)6-5-11-22-17/h4-12H2,1-3H3. The lowest BCUT2D eigenvalue weighted by atomic mass is 9.88. The first kappa shape index (κ1) is 15.5. The lowest BCUT2D eigenvalue weighted by Crippen LogP contribution is -2.47. The summed E-state index contributed by atoms with van der Waals surface area (Å²) in [5.74, 6) is 0.182. The fourth-order valence-corrected chi connectivity index (χ4v) is 3.94. The van der Waals surface area contributed by atoms with E-state index in [0.717, 1.165) is 56.8 Å². The van der Waals surface area contributed by atoms with Crippen LogP contribution in [0, 0.1) is 13.8 Å². The van der Waals surface area contributed by atoms with Crippen molar-refractivity contribution in [1.82, 2.24) is 14.7 Å². The number of amides is 1. The van der Waals surface area contributed by atoms with Gasteiger partial charge in [-0.15, -0.1) is 0 Å². The second kappa shape index (κ2) is 6.03. The van der Waals surface area contributed by atoms with Crippen molar-refractivity contribution >= 4 is 5.91 Å². The molecule has 1 spiro atoms. The third-order valence-corrected chi connectivity index (χ3v) is 5.38. The highest BCUT2D eigenvalue weighted by Gasteiger charge is 2.39. The Hall–Kier alpha value is -1.36. The van der Waals surface area contributed by atoms with Crippen LogP contribution >= 0.6 is 0 Å². The molecule has 122 valence electrons. The summed E-state index contributed by atoms with van der Waals surface area (Å²) < 4.78 is 7.79. The molecule has 2 aliphatic heterocycles. The monoisotopic (exact) mass is 305 g/mol. The number of hydrogen-bond acceptors (Lipinski definition) is 3. The number of aryl methyl sites for hydroxylation is 1. The summed E-state index contributed by atoms with van der Waals surface area (Å²) in [5, 5.41) is 4.53. The van der Waals surface area contributed by atoms with E-state index in [2.05, 4.69) is 18.9 Å². The number of ether oxygens (including phenoxy) is 1. The minimum Gasteiger partial charge on any atom is -0.375 e. The van der Waals surface area contributed by atoms with Crippen LogP contribution in [0.5, 0.6) is 0 Å². The number of carbonyl (C=O) groups excluding carboxylic acids is 1. The van der Waals surface area contributed by atoms with Gasteiger partial charge in [-0.3, -0.25) is 9.48 Å². The van der Waals surface area contributed by atoms with Crippen LogP contribution in [0.4, 0.5) is 0 Å². The van der Waals surface area contributed by atoms with Crippen molar-refractivity contribution < 1.29 is 9.53 Å². The minimum atomic E-state index is 0.0738. The fourth-order valence-electron chi connectivity index (χ4n) is 3.94. The Labute approximate surface area is 132 Å². The lowest BCUT2D eigenvalue weighted by molar-refractivity contribution is -0.136. The molecule has 3 rings (SSSR count). The predicted octanol–water partition coefficient (Wildman–Crippen LogP) is 2.23. The number of likely N-dealkylation sites (tertiary alicyclic amines) is 1. The zero-order valence-electron chi connectivity index (χ0n) is 14.0. The molecule has 0 radical (unpaired) electrons. The highest BCUT2D eigenvalue weighted by Crippen LogP contribution is 2.35. The third kappa shape index (κ3) is 2.78. The summed E-state index contributed by atoms with van der Waals surface area (Å²) in [4.78, 5) is 14.5. The summed E-state index contributed by atoms with van der Waals surface area (Å²) in [5.41, 5.74) is 3.51. The first-order chi connectivity index (χ1) is 10.5. The summed E-state index contributed by atoms with van der Waals surface area (Å²) in [6, 6.07) is 0. The van der Waals surface area contributed by atoms with Gasteiger partial charge >= 0.3 is 0 Å². The van der Waals surface area contributed by atoms with Crippen molar-refractivity contribution in [2.24, 2.45) is 0 Å². The SMILES string of the molecule is CCc1c(C)nn(CC(=O)N2CCC3(CCCO3)CC2)c1C. The van der Waals surface area contributed by atoms with Crippen molar-refractivity contribution in [1.29, 1.82) is 0 Å². The van der Waals surface area contributed by atoms with Gasteiger partial charge in [0.2, 0.25) is 5.91 Å². The van der Waals surface area contributed by atoms with Gasteiger partial charge < -0.3 is 9.64 Å². The molecular weight excluding hydrogens is 278 g/mol. The maximum Gasteiger partial charge on any atom is 0.244 e. The zero-order valence-corrected chi connectivity index (χ0v) is 14.0. The number of piperidine rings is 1. The second-order valence-electron chi connectivity index (χ2n) is 6.68. The number of nitrogens with zero attached hydrogens (tertiary/aromatic N) is 3. The molecule has 3 heterocycles. The molecule has 0 bridgehead atoms. The van der Waals surface area contributed by atoms with E-state index >= 15 is 0 Å². The van der Waals surface area contributed by atoms with Crippen LogP contribution in [0.3, 0.4) is 0 Å². The van der Waals surface area contributed by atoms with Crippen LogP contribution in [0.15, 0.2) is 0 Å².